The largest absolute Gasteiger partial charge is 0.494 e. The van der Waals surface area contributed by atoms with E-state index < -0.39 is 5.82 Å². The SMILES string of the molecule is COc1ccc(CN(C)Cn2nc(-c3ccc(F)cc3)n(CC3CCCO3)c2=S)cc1F. The molecule has 1 aromatic heterocycles. The molecular weight excluding hydrogens is 434 g/mol. The molecule has 3 aromatic rings. The second-order valence-corrected chi connectivity index (χ2v) is 8.35. The highest BCUT2D eigenvalue weighted by Gasteiger charge is 2.21. The monoisotopic (exact) mass is 460 g/mol. The molecule has 1 aliphatic rings. The van der Waals surface area contributed by atoms with Crippen molar-refractivity contribution >= 4 is 12.2 Å². The van der Waals surface area contributed by atoms with Gasteiger partial charge in [0.15, 0.2) is 22.2 Å². The molecule has 170 valence electrons. The van der Waals surface area contributed by atoms with E-state index in [0.29, 0.717) is 30.4 Å². The average molecular weight is 461 g/mol. The van der Waals surface area contributed by atoms with Crippen LogP contribution in [0.2, 0.25) is 0 Å². The Morgan fingerprint density at radius 3 is 2.66 bits per heavy atom. The third-order valence-corrected chi connectivity index (χ3v) is 5.91. The van der Waals surface area contributed by atoms with Gasteiger partial charge in [0.25, 0.3) is 0 Å². The molecular formula is C23H26F2N4O2S. The number of methoxy groups -OCH3 is 1. The van der Waals surface area contributed by atoms with Gasteiger partial charge >= 0.3 is 0 Å². The van der Waals surface area contributed by atoms with Crippen molar-refractivity contribution in [3.05, 3.63) is 64.4 Å². The number of halogens is 2. The summed E-state index contributed by atoms with van der Waals surface area (Å²) in [7, 11) is 3.36. The zero-order valence-corrected chi connectivity index (χ0v) is 18.9. The van der Waals surface area contributed by atoms with Gasteiger partial charge in [-0.3, -0.25) is 9.47 Å². The molecule has 1 unspecified atom stereocenters. The number of benzene rings is 2. The smallest absolute Gasteiger partial charge is 0.199 e. The highest BCUT2D eigenvalue weighted by Crippen LogP contribution is 2.23. The van der Waals surface area contributed by atoms with E-state index in [0.717, 1.165) is 30.6 Å². The molecule has 2 aromatic carbocycles. The maximum Gasteiger partial charge on any atom is 0.199 e. The third kappa shape index (κ3) is 5.06. The fourth-order valence-corrected chi connectivity index (χ4v) is 4.16. The normalized spacial score (nSPS) is 16.1. The van der Waals surface area contributed by atoms with Crippen LogP contribution in [0.3, 0.4) is 0 Å². The van der Waals surface area contributed by atoms with Gasteiger partial charge in [-0.1, -0.05) is 6.07 Å². The van der Waals surface area contributed by atoms with Gasteiger partial charge in [-0.2, -0.15) is 5.10 Å². The highest BCUT2D eigenvalue weighted by atomic mass is 32.1. The van der Waals surface area contributed by atoms with Crippen LogP contribution in [0, 0.1) is 16.4 Å². The Kier molecular flexibility index (Phi) is 6.98. The van der Waals surface area contributed by atoms with Gasteiger partial charge in [-0.25, -0.2) is 13.5 Å². The predicted molar refractivity (Wildman–Crippen MR) is 120 cm³/mol. The highest BCUT2D eigenvalue weighted by molar-refractivity contribution is 7.71. The fourth-order valence-electron chi connectivity index (χ4n) is 3.90. The first-order chi connectivity index (χ1) is 15.4. The van der Waals surface area contributed by atoms with Crippen LogP contribution >= 0.6 is 12.2 Å². The number of aromatic nitrogens is 3. The van der Waals surface area contributed by atoms with E-state index in [-0.39, 0.29) is 17.7 Å². The molecule has 6 nitrogen and oxygen atoms in total. The third-order valence-electron chi connectivity index (χ3n) is 5.48. The summed E-state index contributed by atoms with van der Waals surface area (Å²) in [5, 5.41) is 4.74. The van der Waals surface area contributed by atoms with Crippen molar-refractivity contribution in [3.8, 4) is 17.1 Å². The van der Waals surface area contributed by atoms with Gasteiger partial charge in [0, 0.05) is 18.7 Å². The van der Waals surface area contributed by atoms with Gasteiger partial charge in [-0.05, 0) is 74.1 Å². The van der Waals surface area contributed by atoms with Crippen LogP contribution in [-0.2, 0) is 24.5 Å². The van der Waals surface area contributed by atoms with Crippen molar-refractivity contribution in [2.24, 2.45) is 0 Å². The summed E-state index contributed by atoms with van der Waals surface area (Å²) in [4.78, 5) is 1.99. The summed E-state index contributed by atoms with van der Waals surface area (Å²) in [6.45, 7) is 2.27. The standard InChI is InChI=1S/C23H26F2N4O2S/c1-27(13-16-5-10-21(30-2)20(25)12-16)15-29-23(32)28(14-19-4-3-11-31-19)22(26-29)17-6-8-18(24)9-7-17/h5-10,12,19H,3-4,11,13-15H2,1-2H3. The predicted octanol–water partition coefficient (Wildman–Crippen LogP) is 4.64. The molecule has 1 aliphatic heterocycles. The fraction of sp³-hybridized carbons (Fsp3) is 0.391. The van der Waals surface area contributed by atoms with E-state index in [9.17, 15) is 8.78 Å². The zero-order valence-electron chi connectivity index (χ0n) is 18.1. The Morgan fingerprint density at radius 2 is 2.00 bits per heavy atom. The van der Waals surface area contributed by atoms with Gasteiger partial charge in [0.05, 0.1) is 26.4 Å². The van der Waals surface area contributed by atoms with Crippen LogP contribution in [0.4, 0.5) is 8.78 Å². The van der Waals surface area contributed by atoms with E-state index >= 15 is 0 Å². The van der Waals surface area contributed by atoms with E-state index in [1.165, 1.54) is 25.3 Å². The molecule has 0 aliphatic carbocycles. The van der Waals surface area contributed by atoms with E-state index in [4.69, 9.17) is 26.8 Å². The minimum absolute atomic E-state index is 0.0820. The Morgan fingerprint density at radius 1 is 1.22 bits per heavy atom. The van der Waals surface area contributed by atoms with Gasteiger partial charge in [-0.15, -0.1) is 0 Å². The molecule has 2 heterocycles. The van der Waals surface area contributed by atoms with Crippen molar-refractivity contribution in [2.75, 3.05) is 20.8 Å². The second-order valence-electron chi connectivity index (χ2n) is 7.98. The Hall–Kier alpha value is -2.62. The van der Waals surface area contributed by atoms with Crippen LogP contribution in [-0.4, -0.2) is 46.1 Å². The lowest BCUT2D eigenvalue weighted by Gasteiger charge is -2.17. The molecule has 0 saturated carbocycles. The zero-order chi connectivity index (χ0) is 22.7. The first-order valence-electron chi connectivity index (χ1n) is 10.5. The van der Waals surface area contributed by atoms with E-state index in [2.05, 4.69) is 0 Å². The van der Waals surface area contributed by atoms with E-state index in [1.54, 1.807) is 22.9 Å². The molecule has 9 heteroatoms. The summed E-state index contributed by atoms with van der Waals surface area (Å²) in [6.07, 6.45) is 2.08. The Balaban J connectivity index is 1.58. The molecule has 1 saturated heterocycles. The van der Waals surface area contributed by atoms with Gasteiger partial charge in [0.1, 0.15) is 5.82 Å². The minimum atomic E-state index is -0.394. The lowest BCUT2D eigenvalue weighted by atomic mass is 10.2. The summed E-state index contributed by atoms with van der Waals surface area (Å²) in [6, 6.07) is 11.1. The average Bonchev–Trinajstić information content (AvgIpc) is 3.38. The molecule has 0 bridgehead atoms. The molecule has 0 radical (unpaired) electrons. The van der Waals surface area contributed by atoms with Gasteiger partial charge < -0.3 is 9.47 Å². The second kappa shape index (κ2) is 9.89. The molecule has 1 fully saturated rings. The van der Waals surface area contributed by atoms with Crippen LogP contribution in [0.25, 0.3) is 11.4 Å². The van der Waals surface area contributed by atoms with Crippen LogP contribution in [0.15, 0.2) is 42.5 Å². The molecule has 4 rings (SSSR count). The van der Waals surface area contributed by atoms with Crippen molar-refractivity contribution in [1.29, 1.82) is 0 Å². The maximum atomic E-state index is 14.0. The molecule has 0 spiro atoms. The Bertz CT molecular complexity index is 1120. The Labute approximate surface area is 191 Å². The van der Waals surface area contributed by atoms with Gasteiger partial charge in [0.2, 0.25) is 0 Å². The quantitative estimate of drug-likeness (QED) is 0.459. The van der Waals surface area contributed by atoms with Crippen molar-refractivity contribution in [1.82, 2.24) is 19.2 Å². The maximum absolute atomic E-state index is 14.0. The summed E-state index contributed by atoms with van der Waals surface area (Å²) in [5.74, 6) is 0.197. The topological polar surface area (TPSA) is 44.5 Å². The molecule has 32 heavy (non-hydrogen) atoms. The van der Waals surface area contributed by atoms with Crippen LogP contribution in [0.5, 0.6) is 5.75 Å². The number of hydrogen-bond donors (Lipinski definition) is 0. The lowest BCUT2D eigenvalue weighted by molar-refractivity contribution is 0.0967. The number of ether oxygens (including phenoxy) is 2. The molecule has 0 N–H and O–H groups in total. The van der Waals surface area contributed by atoms with Crippen molar-refractivity contribution in [2.45, 2.75) is 38.7 Å². The van der Waals surface area contributed by atoms with Crippen molar-refractivity contribution < 1.29 is 18.3 Å². The molecule has 1 atom stereocenters. The summed E-state index contributed by atoms with van der Waals surface area (Å²) in [5.41, 5.74) is 1.60. The first kappa shape index (κ1) is 22.6. The van der Waals surface area contributed by atoms with Crippen molar-refractivity contribution in [3.63, 3.8) is 0 Å². The summed E-state index contributed by atoms with van der Waals surface area (Å²) >= 11 is 5.74. The van der Waals surface area contributed by atoms with Crippen LogP contribution in [0.1, 0.15) is 18.4 Å². The number of nitrogens with zero attached hydrogens (tertiary/aromatic N) is 4. The summed E-state index contributed by atoms with van der Waals surface area (Å²) < 4.78 is 42.5. The number of hydrogen-bond acceptors (Lipinski definition) is 5. The minimum Gasteiger partial charge on any atom is -0.494 e. The molecule has 0 amide bonds. The lowest BCUT2D eigenvalue weighted by Crippen LogP contribution is -2.23. The van der Waals surface area contributed by atoms with Crippen LogP contribution < -0.4 is 4.74 Å². The first-order valence-corrected chi connectivity index (χ1v) is 10.9. The van der Waals surface area contributed by atoms with E-state index in [1.807, 2.05) is 22.6 Å². The number of rotatable bonds is 8.